The van der Waals surface area contributed by atoms with E-state index < -0.39 is 6.10 Å². The van der Waals surface area contributed by atoms with Crippen LogP contribution < -0.4 is 0 Å². The van der Waals surface area contributed by atoms with E-state index in [9.17, 15) is 14.4 Å². The van der Waals surface area contributed by atoms with Gasteiger partial charge >= 0.3 is 17.9 Å². The first-order valence-corrected chi connectivity index (χ1v) is 30.3. The van der Waals surface area contributed by atoms with Gasteiger partial charge in [0.25, 0.3) is 0 Å². The number of ether oxygens (including phenoxy) is 3. The van der Waals surface area contributed by atoms with E-state index in [2.05, 4.69) is 81.5 Å². The molecule has 0 bridgehead atoms. The number of carbonyl (C=O) groups excluding carboxylic acids is 3. The highest BCUT2D eigenvalue weighted by molar-refractivity contribution is 5.71. The molecule has 1 atom stereocenters. The van der Waals surface area contributed by atoms with Gasteiger partial charge in [-0.05, 0) is 77.0 Å². The van der Waals surface area contributed by atoms with Gasteiger partial charge in [-0.25, -0.2) is 0 Å². The van der Waals surface area contributed by atoms with Crippen molar-refractivity contribution in [2.75, 3.05) is 13.2 Å². The summed E-state index contributed by atoms with van der Waals surface area (Å²) in [7, 11) is 0. The molecule has 406 valence electrons. The molecule has 0 radical (unpaired) electrons. The second-order valence-corrected chi connectivity index (χ2v) is 20.2. The first kappa shape index (κ1) is 67.1. The third kappa shape index (κ3) is 56.0. The van der Waals surface area contributed by atoms with Crippen molar-refractivity contribution in [2.45, 2.75) is 316 Å². The number of unbranched alkanes of at least 4 members (excludes halogenated alkanes) is 34. The summed E-state index contributed by atoms with van der Waals surface area (Å²) in [6, 6.07) is 0. The van der Waals surface area contributed by atoms with Crippen LogP contribution in [0.5, 0.6) is 0 Å². The fourth-order valence-electron chi connectivity index (χ4n) is 8.73. The zero-order chi connectivity index (χ0) is 50.7. The maximum atomic E-state index is 12.9. The average Bonchev–Trinajstić information content (AvgIpc) is 3.36. The molecule has 1 unspecified atom stereocenters. The second kappa shape index (κ2) is 58.7. The fourth-order valence-corrected chi connectivity index (χ4v) is 8.73. The van der Waals surface area contributed by atoms with Gasteiger partial charge < -0.3 is 14.2 Å². The van der Waals surface area contributed by atoms with Gasteiger partial charge in [0, 0.05) is 19.3 Å². The predicted molar refractivity (Wildman–Crippen MR) is 302 cm³/mol. The average molecular weight is 980 g/mol. The van der Waals surface area contributed by atoms with Crippen molar-refractivity contribution in [3.8, 4) is 0 Å². The molecular weight excluding hydrogens is 865 g/mol. The molecule has 0 aliphatic rings. The summed E-state index contributed by atoms with van der Waals surface area (Å²) in [5.74, 6) is -0.876. The summed E-state index contributed by atoms with van der Waals surface area (Å²) in [6.45, 7) is 6.49. The minimum absolute atomic E-state index is 0.0762. The third-order valence-corrected chi connectivity index (χ3v) is 13.2. The molecule has 70 heavy (non-hydrogen) atoms. The Kier molecular flexibility index (Phi) is 56.3. The zero-order valence-corrected chi connectivity index (χ0v) is 46.5. The van der Waals surface area contributed by atoms with E-state index in [1.807, 2.05) is 0 Å². The molecule has 0 aromatic rings. The number of hydrogen-bond acceptors (Lipinski definition) is 6. The van der Waals surface area contributed by atoms with Crippen molar-refractivity contribution in [3.05, 3.63) is 60.8 Å². The molecule has 0 heterocycles. The Hall–Kier alpha value is -2.89. The summed E-state index contributed by atoms with van der Waals surface area (Å²) in [5, 5.41) is 0. The van der Waals surface area contributed by atoms with Crippen LogP contribution in [0.3, 0.4) is 0 Å². The normalized spacial score (nSPS) is 12.4. The molecule has 0 aromatic carbocycles. The summed E-state index contributed by atoms with van der Waals surface area (Å²) in [5.41, 5.74) is 0. The molecule has 0 saturated heterocycles. The molecule has 0 aliphatic heterocycles. The molecule has 0 N–H and O–H groups in total. The van der Waals surface area contributed by atoms with Gasteiger partial charge in [-0.15, -0.1) is 0 Å². The molecule has 0 spiro atoms. The minimum atomic E-state index is -0.777. The van der Waals surface area contributed by atoms with Crippen LogP contribution in [0.2, 0.25) is 0 Å². The van der Waals surface area contributed by atoms with Crippen LogP contribution in [0.1, 0.15) is 310 Å². The lowest BCUT2D eigenvalue weighted by molar-refractivity contribution is -0.167. The molecule has 0 saturated carbocycles. The van der Waals surface area contributed by atoms with E-state index in [-0.39, 0.29) is 31.1 Å². The van der Waals surface area contributed by atoms with Crippen LogP contribution in [0, 0.1) is 0 Å². The van der Waals surface area contributed by atoms with E-state index in [1.54, 1.807) is 0 Å². The first-order chi connectivity index (χ1) is 34.5. The van der Waals surface area contributed by atoms with E-state index in [1.165, 1.54) is 173 Å². The van der Waals surface area contributed by atoms with E-state index >= 15 is 0 Å². The Balaban J connectivity index is 4.25. The fraction of sp³-hybridized carbons (Fsp3) is 0.797. The van der Waals surface area contributed by atoms with Gasteiger partial charge in [0.2, 0.25) is 0 Å². The molecule has 0 aromatic heterocycles. The zero-order valence-electron chi connectivity index (χ0n) is 46.5. The van der Waals surface area contributed by atoms with Crippen molar-refractivity contribution in [1.29, 1.82) is 0 Å². The highest BCUT2D eigenvalue weighted by Crippen LogP contribution is 2.17. The lowest BCUT2D eigenvalue weighted by atomic mass is 10.0. The molecule has 0 aliphatic carbocycles. The molecule has 0 fully saturated rings. The lowest BCUT2D eigenvalue weighted by Crippen LogP contribution is -2.30. The second-order valence-electron chi connectivity index (χ2n) is 20.2. The number of rotatable bonds is 55. The maximum Gasteiger partial charge on any atom is 0.306 e. The highest BCUT2D eigenvalue weighted by Gasteiger charge is 2.19. The Bertz CT molecular complexity index is 1260. The lowest BCUT2D eigenvalue weighted by Gasteiger charge is -2.18. The summed E-state index contributed by atoms with van der Waals surface area (Å²) >= 11 is 0. The monoisotopic (exact) mass is 979 g/mol. The Morgan fingerprint density at radius 3 is 0.943 bits per heavy atom. The quantitative estimate of drug-likeness (QED) is 0.0261. The van der Waals surface area contributed by atoms with Gasteiger partial charge in [0.1, 0.15) is 13.2 Å². The van der Waals surface area contributed by atoms with Crippen LogP contribution in [-0.2, 0) is 28.6 Å². The third-order valence-electron chi connectivity index (χ3n) is 13.2. The van der Waals surface area contributed by atoms with Gasteiger partial charge in [0.05, 0.1) is 0 Å². The van der Waals surface area contributed by atoms with E-state index in [0.29, 0.717) is 19.3 Å². The van der Waals surface area contributed by atoms with E-state index in [4.69, 9.17) is 14.2 Å². The molecule has 0 rings (SSSR count). The number of esters is 3. The van der Waals surface area contributed by atoms with Crippen molar-refractivity contribution in [3.63, 3.8) is 0 Å². The Morgan fingerprint density at radius 1 is 0.300 bits per heavy atom. The number of carbonyl (C=O) groups is 3. The summed E-state index contributed by atoms with van der Waals surface area (Å²) in [4.78, 5) is 38.1. The summed E-state index contributed by atoms with van der Waals surface area (Å²) in [6.07, 6.45) is 73.7. The largest absolute Gasteiger partial charge is 0.462 e. The van der Waals surface area contributed by atoms with Crippen LogP contribution in [0.4, 0.5) is 0 Å². The smallest absolute Gasteiger partial charge is 0.306 e. The number of allylic oxidation sites excluding steroid dienone is 10. The van der Waals surface area contributed by atoms with Crippen LogP contribution in [0.25, 0.3) is 0 Å². The van der Waals surface area contributed by atoms with Crippen molar-refractivity contribution in [1.82, 2.24) is 0 Å². The van der Waals surface area contributed by atoms with Crippen LogP contribution in [0.15, 0.2) is 60.8 Å². The first-order valence-electron chi connectivity index (χ1n) is 30.3. The van der Waals surface area contributed by atoms with Gasteiger partial charge in [-0.3, -0.25) is 14.4 Å². The maximum absolute atomic E-state index is 12.9. The molecule has 6 nitrogen and oxygen atoms in total. The van der Waals surface area contributed by atoms with Crippen LogP contribution in [-0.4, -0.2) is 37.2 Å². The SMILES string of the molecule is CC/C=C\C/C=C\C/C=C\C/C=C\CCCCCCCCCCCCC(=O)OCC(COC(=O)CCCCCCC/C=C\CCC)OC(=O)CCCCCCCCCCCCCCCCCCCCC. The number of hydrogen-bond donors (Lipinski definition) is 0. The predicted octanol–water partition coefficient (Wildman–Crippen LogP) is 20.4. The standard InChI is InChI=1S/C64H114O6/c1-4-7-10-13-16-19-22-24-26-28-30-31-32-33-35-36-38-40-42-45-48-51-54-57-63(66)69-60-61(59-68-62(65)56-53-50-47-44-21-18-15-12-9-6-3)70-64(67)58-55-52-49-46-43-41-39-37-34-29-27-25-23-20-17-14-11-8-5-2/h7,10,12,15-16,19,24,26,30-31,61H,4-6,8-9,11,13-14,17-18,20-23,25,27-29,32-60H2,1-3H3/b10-7-,15-12-,19-16-,26-24-,31-30-. The summed E-state index contributed by atoms with van der Waals surface area (Å²) < 4.78 is 16.9. The Labute approximate surface area is 434 Å². The Morgan fingerprint density at radius 2 is 0.586 bits per heavy atom. The minimum Gasteiger partial charge on any atom is -0.462 e. The molecular formula is C64H114O6. The van der Waals surface area contributed by atoms with Crippen molar-refractivity contribution in [2.24, 2.45) is 0 Å². The highest BCUT2D eigenvalue weighted by atomic mass is 16.6. The van der Waals surface area contributed by atoms with Crippen molar-refractivity contribution < 1.29 is 28.6 Å². The van der Waals surface area contributed by atoms with Crippen molar-refractivity contribution >= 4 is 17.9 Å². The topological polar surface area (TPSA) is 78.9 Å². The molecule has 6 heteroatoms. The van der Waals surface area contributed by atoms with Crippen LogP contribution >= 0.6 is 0 Å². The van der Waals surface area contributed by atoms with Gasteiger partial charge in [-0.2, -0.15) is 0 Å². The van der Waals surface area contributed by atoms with Gasteiger partial charge in [0.15, 0.2) is 6.10 Å². The van der Waals surface area contributed by atoms with Gasteiger partial charge in [-0.1, -0.05) is 274 Å². The molecule has 0 amide bonds. The van der Waals surface area contributed by atoms with E-state index in [0.717, 1.165) is 96.3 Å².